The summed E-state index contributed by atoms with van der Waals surface area (Å²) in [5, 5.41) is 2.63. The summed E-state index contributed by atoms with van der Waals surface area (Å²) in [6, 6.07) is 7.81. The predicted molar refractivity (Wildman–Crippen MR) is 116 cm³/mol. The number of hydrogen-bond acceptors (Lipinski definition) is 6. The van der Waals surface area contributed by atoms with Crippen molar-refractivity contribution in [2.75, 3.05) is 20.2 Å². The molecule has 1 aromatic heterocycles. The zero-order chi connectivity index (χ0) is 22.6. The summed E-state index contributed by atoms with van der Waals surface area (Å²) in [5.41, 5.74) is 0.814. The van der Waals surface area contributed by atoms with E-state index in [1.165, 1.54) is 16.4 Å². The van der Waals surface area contributed by atoms with E-state index in [1.54, 1.807) is 19.2 Å². The SMILES string of the molecule is COc1cc(C(C)NC(=O)c2ccc(S(=O)(=O)N3CCCCC3)o2)ccc1OC(C)C. The van der Waals surface area contributed by atoms with Gasteiger partial charge in [0.15, 0.2) is 17.3 Å². The van der Waals surface area contributed by atoms with Crippen molar-refractivity contribution in [3.05, 3.63) is 41.7 Å². The van der Waals surface area contributed by atoms with Gasteiger partial charge in [-0.25, -0.2) is 8.42 Å². The van der Waals surface area contributed by atoms with E-state index in [9.17, 15) is 13.2 Å². The first kappa shape index (κ1) is 23.1. The third-order valence-electron chi connectivity index (χ3n) is 5.11. The molecule has 0 aliphatic carbocycles. The zero-order valence-electron chi connectivity index (χ0n) is 18.4. The second kappa shape index (κ2) is 9.74. The predicted octanol–water partition coefficient (Wildman–Crippen LogP) is 3.74. The highest BCUT2D eigenvalue weighted by Gasteiger charge is 2.30. The highest BCUT2D eigenvalue weighted by atomic mass is 32.2. The lowest BCUT2D eigenvalue weighted by atomic mass is 10.1. The first-order chi connectivity index (χ1) is 14.7. The Bertz CT molecular complexity index is 1010. The van der Waals surface area contributed by atoms with Gasteiger partial charge < -0.3 is 19.2 Å². The molecule has 1 N–H and O–H groups in total. The van der Waals surface area contributed by atoms with Crippen LogP contribution in [0.15, 0.2) is 39.8 Å². The topological polar surface area (TPSA) is 98.1 Å². The third kappa shape index (κ3) is 5.40. The van der Waals surface area contributed by atoms with Crippen molar-refractivity contribution in [2.24, 2.45) is 0 Å². The Morgan fingerprint density at radius 2 is 1.77 bits per heavy atom. The van der Waals surface area contributed by atoms with Gasteiger partial charge in [-0.1, -0.05) is 12.5 Å². The zero-order valence-corrected chi connectivity index (χ0v) is 19.2. The second-order valence-corrected chi connectivity index (χ2v) is 9.72. The Hall–Kier alpha value is -2.52. The van der Waals surface area contributed by atoms with Crippen LogP contribution in [0.4, 0.5) is 0 Å². The minimum Gasteiger partial charge on any atom is -0.493 e. The molecular weight excluding hydrogens is 420 g/mol. The van der Waals surface area contributed by atoms with Crippen LogP contribution in [0.5, 0.6) is 11.5 Å². The largest absolute Gasteiger partial charge is 0.493 e. The smallest absolute Gasteiger partial charge is 0.287 e. The molecule has 0 spiro atoms. The second-order valence-electron chi connectivity index (χ2n) is 7.86. The molecule has 0 saturated carbocycles. The number of methoxy groups -OCH3 is 1. The lowest BCUT2D eigenvalue weighted by molar-refractivity contribution is 0.0906. The van der Waals surface area contributed by atoms with Crippen LogP contribution >= 0.6 is 0 Å². The van der Waals surface area contributed by atoms with Crippen molar-refractivity contribution in [1.82, 2.24) is 9.62 Å². The van der Waals surface area contributed by atoms with Gasteiger partial charge in [-0.2, -0.15) is 4.31 Å². The molecule has 1 unspecified atom stereocenters. The first-order valence-electron chi connectivity index (χ1n) is 10.5. The minimum absolute atomic E-state index is 0.00578. The van der Waals surface area contributed by atoms with Crippen LogP contribution in [0.1, 0.15) is 62.2 Å². The van der Waals surface area contributed by atoms with E-state index in [4.69, 9.17) is 13.9 Å². The summed E-state index contributed by atoms with van der Waals surface area (Å²) in [7, 11) is -2.16. The molecule has 170 valence electrons. The fourth-order valence-electron chi connectivity index (χ4n) is 3.47. The van der Waals surface area contributed by atoms with Crippen LogP contribution < -0.4 is 14.8 Å². The lowest BCUT2D eigenvalue weighted by Crippen LogP contribution is -2.35. The maximum Gasteiger partial charge on any atom is 0.287 e. The molecule has 3 rings (SSSR count). The molecule has 1 aliphatic rings. The van der Waals surface area contributed by atoms with Gasteiger partial charge in [-0.05, 0) is 63.4 Å². The van der Waals surface area contributed by atoms with E-state index in [2.05, 4.69) is 5.32 Å². The number of amides is 1. The van der Waals surface area contributed by atoms with Gasteiger partial charge in [0.2, 0.25) is 5.09 Å². The van der Waals surface area contributed by atoms with Crippen molar-refractivity contribution in [3.8, 4) is 11.5 Å². The number of piperidine rings is 1. The van der Waals surface area contributed by atoms with Gasteiger partial charge in [0.1, 0.15) is 0 Å². The number of carbonyl (C=O) groups is 1. The summed E-state index contributed by atoms with van der Waals surface area (Å²) in [5.74, 6) is 0.654. The minimum atomic E-state index is -3.72. The molecule has 1 fully saturated rings. The first-order valence-corrected chi connectivity index (χ1v) is 11.9. The van der Waals surface area contributed by atoms with Crippen LogP contribution in [-0.4, -0.2) is 44.9 Å². The fraction of sp³-hybridized carbons (Fsp3) is 0.500. The number of sulfonamides is 1. The maximum atomic E-state index is 12.7. The Morgan fingerprint density at radius 3 is 2.42 bits per heavy atom. The average Bonchev–Trinajstić information content (AvgIpc) is 3.25. The Kier molecular flexibility index (Phi) is 7.27. The van der Waals surface area contributed by atoms with E-state index in [0.717, 1.165) is 24.8 Å². The van der Waals surface area contributed by atoms with E-state index in [-0.39, 0.29) is 23.0 Å². The van der Waals surface area contributed by atoms with Gasteiger partial charge in [0.05, 0.1) is 19.3 Å². The molecule has 2 heterocycles. The molecular formula is C22H30N2O6S. The molecule has 0 radical (unpaired) electrons. The molecule has 8 nitrogen and oxygen atoms in total. The molecule has 0 bridgehead atoms. The van der Waals surface area contributed by atoms with E-state index in [0.29, 0.717) is 24.6 Å². The number of nitrogens with zero attached hydrogens (tertiary/aromatic N) is 1. The molecule has 1 aliphatic heterocycles. The number of rotatable bonds is 8. The lowest BCUT2D eigenvalue weighted by Gasteiger charge is -2.24. The molecule has 1 aromatic carbocycles. The van der Waals surface area contributed by atoms with Gasteiger partial charge in [-0.3, -0.25) is 4.79 Å². The van der Waals surface area contributed by atoms with E-state index >= 15 is 0 Å². The Balaban J connectivity index is 1.70. The number of furan rings is 1. The van der Waals surface area contributed by atoms with Gasteiger partial charge in [0, 0.05) is 13.1 Å². The summed E-state index contributed by atoms with van der Waals surface area (Å²) in [6.07, 6.45) is 2.68. The highest BCUT2D eigenvalue weighted by Crippen LogP contribution is 2.31. The molecule has 2 aromatic rings. The maximum absolute atomic E-state index is 12.7. The van der Waals surface area contributed by atoms with Crippen LogP contribution in [0.25, 0.3) is 0 Å². The molecule has 9 heteroatoms. The normalized spacial score (nSPS) is 16.2. The van der Waals surface area contributed by atoms with Gasteiger partial charge >= 0.3 is 0 Å². The summed E-state index contributed by atoms with van der Waals surface area (Å²) in [4.78, 5) is 12.6. The van der Waals surface area contributed by atoms with Gasteiger partial charge in [0.25, 0.3) is 15.9 Å². The quantitative estimate of drug-likeness (QED) is 0.658. The number of benzene rings is 1. The molecule has 1 amide bonds. The van der Waals surface area contributed by atoms with Crippen LogP contribution in [0.3, 0.4) is 0 Å². The summed E-state index contributed by atoms with van der Waals surface area (Å²) >= 11 is 0. The van der Waals surface area contributed by atoms with Crippen molar-refractivity contribution >= 4 is 15.9 Å². The van der Waals surface area contributed by atoms with Crippen molar-refractivity contribution < 1.29 is 27.1 Å². The van der Waals surface area contributed by atoms with Crippen LogP contribution in [-0.2, 0) is 10.0 Å². The number of hydrogen-bond donors (Lipinski definition) is 1. The van der Waals surface area contributed by atoms with Crippen molar-refractivity contribution in [2.45, 2.75) is 57.3 Å². The Morgan fingerprint density at radius 1 is 1.06 bits per heavy atom. The highest BCUT2D eigenvalue weighted by molar-refractivity contribution is 7.89. The standard InChI is InChI=1S/C22H30N2O6S/c1-15(2)29-18-9-8-17(14-20(18)28-4)16(3)23-22(25)19-10-11-21(30-19)31(26,27)24-12-6-5-7-13-24/h8-11,14-16H,5-7,12-13H2,1-4H3,(H,23,25). The number of nitrogens with one attached hydrogen (secondary N) is 1. The number of carbonyl (C=O) groups excluding carboxylic acids is 1. The van der Waals surface area contributed by atoms with Crippen LogP contribution in [0, 0.1) is 0 Å². The van der Waals surface area contributed by atoms with Crippen LogP contribution in [0.2, 0.25) is 0 Å². The van der Waals surface area contributed by atoms with Crippen molar-refractivity contribution in [1.29, 1.82) is 0 Å². The molecule has 1 atom stereocenters. The average molecular weight is 451 g/mol. The fourth-order valence-corrected chi connectivity index (χ4v) is 4.90. The third-order valence-corrected chi connectivity index (χ3v) is 6.89. The monoisotopic (exact) mass is 450 g/mol. The number of ether oxygens (including phenoxy) is 2. The molecule has 31 heavy (non-hydrogen) atoms. The Labute approximate surface area is 183 Å². The van der Waals surface area contributed by atoms with Crippen molar-refractivity contribution in [3.63, 3.8) is 0 Å². The van der Waals surface area contributed by atoms with E-state index < -0.39 is 15.9 Å². The van der Waals surface area contributed by atoms with Gasteiger partial charge in [-0.15, -0.1) is 0 Å². The van der Waals surface area contributed by atoms with E-state index in [1.807, 2.05) is 26.8 Å². The summed E-state index contributed by atoms with van der Waals surface area (Å²) in [6.45, 7) is 6.63. The summed E-state index contributed by atoms with van der Waals surface area (Å²) < 4.78 is 43.4. The molecule has 1 saturated heterocycles.